The van der Waals surface area contributed by atoms with Gasteiger partial charge in [0.05, 0.1) is 6.61 Å². The summed E-state index contributed by atoms with van der Waals surface area (Å²) in [5, 5.41) is 3.00. The zero-order valence-corrected chi connectivity index (χ0v) is 12.7. The van der Waals surface area contributed by atoms with Gasteiger partial charge in [0.1, 0.15) is 10.7 Å². The number of hydrogen-bond donors (Lipinski definition) is 1. The highest BCUT2D eigenvalue weighted by atomic mass is 32.2. The van der Waals surface area contributed by atoms with Gasteiger partial charge in [-0.2, -0.15) is 4.31 Å². The summed E-state index contributed by atoms with van der Waals surface area (Å²) < 4.78 is 32.0. The first-order chi connectivity index (χ1) is 9.59. The number of aromatic nitrogens is 1. The number of methoxy groups -OCH3 is 1. The fraction of sp³-hybridized carbons (Fsp3) is 0.615. The molecule has 7 heteroatoms. The number of nitrogens with zero attached hydrogens (tertiary/aromatic N) is 2. The van der Waals surface area contributed by atoms with Gasteiger partial charge in [-0.25, -0.2) is 13.4 Å². The first kappa shape index (κ1) is 15.2. The number of nitrogens with one attached hydrogen (secondary N) is 1. The zero-order chi connectivity index (χ0) is 14.6. The van der Waals surface area contributed by atoms with E-state index in [4.69, 9.17) is 4.74 Å². The maximum absolute atomic E-state index is 12.7. The van der Waals surface area contributed by atoms with Crippen LogP contribution in [0.15, 0.2) is 23.2 Å². The van der Waals surface area contributed by atoms with Crippen molar-refractivity contribution in [1.82, 2.24) is 9.29 Å². The summed E-state index contributed by atoms with van der Waals surface area (Å²) in [7, 11) is -1.85. The van der Waals surface area contributed by atoms with E-state index in [2.05, 4.69) is 10.3 Å². The maximum Gasteiger partial charge on any atom is 0.246 e. The number of sulfonamides is 1. The first-order valence-electron chi connectivity index (χ1n) is 6.77. The SMILES string of the molecule is CCNc1ncccc1S(=O)(=O)N1CCC(COC)C1. The molecule has 1 N–H and O–H groups in total. The zero-order valence-electron chi connectivity index (χ0n) is 11.9. The van der Waals surface area contributed by atoms with Crippen molar-refractivity contribution in [2.24, 2.45) is 5.92 Å². The Balaban J connectivity index is 2.23. The van der Waals surface area contributed by atoms with Crippen molar-refractivity contribution in [3.8, 4) is 0 Å². The van der Waals surface area contributed by atoms with Crippen molar-refractivity contribution in [1.29, 1.82) is 0 Å². The molecule has 20 heavy (non-hydrogen) atoms. The van der Waals surface area contributed by atoms with Gasteiger partial charge in [0.15, 0.2) is 0 Å². The average Bonchev–Trinajstić information content (AvgIpc) is 2.89. The monoisotopic (exact) mass is 299 g/mol. The number of hydrogen-bond acceptors (Lipinski definition) is 5. The van der Waals surface area contributed by atoms with Crippen molar-refractivity contribution in [3.05, 3.63) is 18.3 Å². The van der Waals surface area contributed by atoms with Crippen LogP contribution in [0.25, 0.3) is 0 Å². The lowest BCUT2D eigenvalue weighted by molar-refractivity contribution is 0.157. The number of pyridine rings is 1. The summed E-state index contributed by atoms with van der Waals surface area (Å²) in [5.74, 6) is 0.694. The minimum absolute atomic E-state index is 0.250. The number of ether oxygens (including phenoxy) is 1. The molecule has 0 aliphatic carbocycles. The standard InChI is InChI=1S/C13H21N3O3S/c1-3-14-13-12(5-4-7-15-13)20(17,18)16-8-6-11(9-16)10-19-2/h4-5,7,11H,3,6,8-10H2,1-2H3,(H,14,15). The van der Waals surface area contributed by atoms with Crippen LogP contribution in [0.4, 0.5) is 5.82 Å². The molecule has 6 nitrogen and oxygen atoms in total. The van der Waals surface area contributed by atoms with Gasteiger partial charge in [-0.15, -0.1) is 0 Å². The van der Waals surface area contributed by atoms with Crippen LogP contribution in [0.5, 0.6) is 0 Å². The highest BCUT2D eigenvalue weighted by Crippen LogP contribution is 2.27. The van der Waals surface area contributed by atoms with Gasteiger partial charge < -0.3 is 10.1 Å². The predicted molar refractivity (Wildman–Crippen MR) is 77.1 cm³/mol. The summed E-state index contributed by atoms with van der Waals surface area (Å²) in [6.45, 7) is 4.19. The molecule has 1 aliphatic rings. The van der Waals surface area contributed by atoms with E-state index >= 15 is 0 Å². The van der Waals surface area contributed by atoms with E-state index in [0.29, 0.717) is 32.1 Å². The summed E-state index contributed by atoms with van der Waals surface area (Å²) in [4.78, 5) is 4.37. The fourth-order valence-electron chi connectivity index (χ4n) is 2.43. The molecule has 2 rings (SSSR count). The quantitative estimate of drug-likeness (QED) is 0.854. The molecule has 1 aromatic heterocycles. The molecule has 112 valence electrons. The Morgan fingerprint density at radius 3 is 3.05 bits per heavy atom. The molecule has 0 amide bonds. The Labute approximate surface area is 120 Å². The molecule has 1 saturated heterocycles. The molecule has 0 bridgehead atoms. The lowest BCUT2D eigenvalue weighted by Crippen LogP contribution is -2.30. The van der Waals surface area contributed by atoms with Crippen LogP contribution in [-0.2, 0) is 14.8 Å². The lowest BCUT2D eigenvalue weighted by atomic mass is 10.1. The van der Waals surface area contributed by atoms with E-state index < -0.39 is 10.0 Å². The molecule has 2 heterocycles. The van der Waals surface area contributed by atoms with Crippen molar-refractivity contribution in [3.63, 3.8) is 0 Å². The van der Waals surface area contributed by atoms with Crippen LogP contribution >= 0.6 is 0 Å². The second-order valence-corrected chi connectivity index (χ2v) is 6.76. The van der Waals surface area contributed by atoms with Gasteiger partial charge in [0.2, 0.25) is 10.0 Å². The van der Waals surface area contributed by atoms with E-state index in [9.17, 15) is 8.42 Å². The maximum atomic E-state index is 12.7. The Morgan fingerprint density at radius 2 is 2.35 bits per heavy atom. The van der Waals surface area contributed by atoms with E-state index in [1.165, 1.54) is 4.31 Å². The smallest absolute Gasteiger partial charge is 0.246 e. The van der Waals surface area contributed by atoms with Gasteiger partial charge in [0, 0.05) is 32.9 Å². The molecule has 1 unspecified atom stereocenters. The fourth-order valence-corrected chi connectivity index (χ4v) is 4.08. The van der Waals surface area contributed by atoms with E-state index in [1.54, 1.807) is 25.4 Å². The van der Waals surface area contributed by atoms with Crippen LogP contribution in [0.3, 0.4) is 0 Å². The normalized spacial score (nSPS) is 20.2. The topological polar surface area (TPSA) is 71.5 Å². The van der Waals surface area contributed by atoms with Crippen LogP contribution in [-0.4, -0.2) is 51.1 Å². The third-order valence-corrected chi connectivity index (χ3v) is 5.28. The average molecular weight is 299 g/mol. The van der Waals surface area contributed by atoms with Crippen LogP contribution in [0, 0.1) is 5.92 Å². The van der Waals surface area contributed by atoms with Crippen molar-refractivity contribution < 1.29 is 13.2 Å². The van der Waals surface area contributed by atoms with Gasteiger partial charge in [-0.05, 0) is 31.4 Å². The lowest BCUT2D eigenvalue weighted by Gasteiger charge is -2.18. The Kier molecular flexibility index (Phi) is 4.95. The van der Waals surface area contributed by atoms with E-state index in [0.717, 1.165) is 6.42 Å². The first-order valence-corrected chi connectivity index (χ1v) is 8.21. The van der Waals surface area contributed by atoms with Gasteiger partial charge >= 0.3 is 0 Å². The van der Waals surface area contributed by atoms with Gasteiger partial charge in [-0.3, -0.25) is 0 Å². The minimum atomic E-state index is -3.49. The molecule has 0 aromatic carbocycles. The molecule has 1 fully saturated rings. The highest BCUT2D eigenvalue weighted by molar-refractivity contribution is 7.89. The van der Waals surface area contributed by atoms with E-state index in [-0.39, 0.29) is 10.8 Å². The van der Waals surface area contributed by atoms with Gasteiger partial charge in [0.25, 0.3) is 0 Å². The Morgan fingerprint density at radius 1 is 1.55 bits per heavy atom. The molecule has 0 radical (unpaired) electrons. The Bertz CT molecular complexity index is 548. The third-order valence-electron chi connectivity index (χ3n) is 3.38. The highest BCUT2D eigenvalue weighted by Gasteiger charge is 2.34. The molecule has 0 saturated carbocycles. The molecular weight excluding hydrogens is 278 g/mol. The Hall–Kier alpha value is -1.18. The van der Waals surface area contributed by atoms with Crippen molar-refractivity contribution >= 4 is 15.8 Å². The van der Waals surface area contributed by atoms with Crippen molar-refractivity contribution in [2.45, 2.75) is 18.2 Å². The predicted octanol–water partition coefficient (Wildman–Crippen LogP) is 1.17. The molecular formula is C13H21N3O3S. The minimum Gasteiger partial charge on any atom is -0.384 e. The summed E-state index contributed by atoms with van der Waals surface area (Å²) in [5.41, 5.74) is 0. The largest absolute Gasteiger partial charge is 0.384 e. The van der Waals surface area contributed by atoms with Crippen LogP contribution in [0.1, 0.15) is 13.3 Å². The summed E-state index contributed by atoms with van der Waals surface area (Å²) >= 11 is 0. The number of anilines is 1. The third kappa shape index (κ3) is 3.11. The molecule has 0 spiro atoms. The second kappa shape index (κ2) is 6.51. The molecule has 1 aliphatic heterocycles. The second-order valence-electron chi connectivity index (χ2n) is 4.85. The summed E-state index contributed by atoms with van der Waals surface area (Å²) in [6.07, 6.45) is 2.43. The summed E-state index contributed by atoms with van der Waals surface area (Å²) in [6, 6.07) is 3.25. The van der Waals surface area contributed by atoms with Gasteiger partial charge in [-0.1, -0.05) is 0 Å². The van der Waals surface area contributed by atoms with Crippen LogP contribution in [0.2, 0.25) is 0 Å². The molecule has 1 atom stereocenters. The molecule has 1 aromatic rings. The van der Waals surface area contributed by atoms with Crippen molar-refractivity contribution in [2.75, 3.05) is 38.7 Å². The number of rotatable bonds is 6. The van der Waals surface area contributed by atoms with Crippen LogP contribution < -0.4 is 5.32 Å². The van der Waals surface area contributed by atoms with E-state index in [1.807, 2.05) is 6.92 Å².